The lowest BCUT2D eigenvalue weighted by Crippen LogP contribution is -2.23. The van der Waals surface area contributed by atoms with Gasteiger partial charge < -0.3 is 9.72 Å². The number of nitrogens with one attached hydrogen (secondary N) is 1. The van der Waals surface area contributed by atoms with Crippen molar-refractivity contribution < 1.29 is 4.74 Å². The van der Waals surface area contributed by atoms with Crippen LogP contribution in [0, 0.1) is 18.8 Å². The van der Waals surface area contributed by atoms with E-state index in [1.54, 1.807) is 11.7 Å². The average Bonchev–Trinajstić information content (AvgIpc) is 3.38. The maximum atomic E-state index is 13.8. The summed E-state index contributed by atoms with van der Waals surface area (Å²) >= 11 is 0. The van der Waals surface area contributed by atoms with E-state index in [0.717, 1.165) is 44.6 Å². The quantitative estimate of drug-likeness (QED) is 0.268. The summed E-state index contributed by atoms with van der Waals surface area (Å²) in [4.78, 5) is 22.0. The fourth-order valence-corrected chi connectivity index (χ4v) is 4.69. The van der Waals surface area contributed by atoms with Gasteiger partial charge in [0.25, 0.3) is 5.56 Å². The Kier molecular flexibility index (Phi) is 6.28. The smallest absolute Gasteiger partial charge is 0.266 e. The number of methoxy groups -OCH3 is 1. The predicted octanol–water partition coefficient (Wildman–Crippen LogP) is 6.75. The van der Waals surface area contributed by atoms with Gasteiger partial charge in [-0.25, -0.2) is 4.98 Å². The van der Waals surface area contributed by atoms with Gasteiger partial charge in [-0.15, -0.1) is 0 Å². The largest absolute Gasteiger partial charge is 0.497 e. The second-order valence-electron chi connectivity index (χ2n) is 9.23. The molecule has 5 nitrogen and oxygen atoms in total. The van der Waals surface area contributed by atoms with Crippen LogP contribution in [0.25, 0.3) is 39.6 Å². The highest BCUT2D eigenvalue weighted by molar-refractivity contribution is 5.92. The fraction of sp³-hybridized carbons (Fsp3) is 0.0588. The third kappa shape index (κ3) is 4.72. The second kappa shape index (κ2) is 10.2. The van der Waals surface area contributed by atoms with Crippen LogP contribution in [0.1, 0.15) is 28.1 Å². The Labute approximate surface area is 226 Å². The van der Waals surface area contributed by atoms with Crippen molar-refractivity contribution in [3.63, 3.8) is 0 Å². The summed E-state index contributed by atoms with van der Waals surface area (Å²) in [5.74, 6) is 7.75. The van der Waals surface area contributed by atoms with E-state index in [0.29, 0.717) is 16.7 Å². The summed E-state index contributed by atoms with van der Waals surface area (Å²) in [7, 11) is 1.65. The molecule has 0 saturated carbocycles. The van der Waals surface area contributed by atoms with Crippen LogP contribution in [-0.4, -0.2) is 21.6 Å². The SMILES string of the molecule is COc1ccc2[nH]cc(/C=C/c3nc4ccccc4c(=O)n3-c3ccc(C#Cc4ccccc4)cc3C)c2c1. The van der Waals surface area contributed by atoms with E-state index >= 15 is 0 Å². The summed E-state index contributed by atoms with van der Waals surface area (Å²) in [6.45, 7) is 1.99. The van der Waals surface area contributed by atoms with Gasteiger partial charge in [0.1, 0.15) is 11.6 Å². The first-order chi connectivity index (χ1) is 19.1. The van der Waals surface area contributed by atoms with E-state index < -0.39 is 0 Å². The molecule has 0 aliphatic carbocycles. The molecule has 6 aromatic rings. The number of para-hydroxylation sites is 1. The molecule has 4 aromatic carbocycles. The topological polar surface area (TPSA) is 59.9 Å². The van der Waals surface area contributed by atoms with Gasteiger partial charge in [-0.3, -0.25) is 9.36 Å². The first-order valence-electron chi connectivity index (χ1n) is 12.6. The molecule has 0 aliphatic heterocycles. The Balaban J connectivity index is 1.47. The van der Waals surface area contributed by atoms with E-state index in [9.17, 15) is 4.79 Å². The molecule has 6 rings (SSSR count). The van der Waals surface area contributed by atoms with Crippen LogP contribution in [-0.2, 0) is 0 Å². The van der Waals surface area contributed by atoms with Crippen LogP contribution in [0.3, 0.4) is 0 Å². The number of nitrogens with zero attached hydrogens (tertiary/aromatic N) is 2. The van der Waals surface area contributed by atoms with Crippen molar-refractivity contribution in [2.45, 2.75) is 6.92 Å². The van der Waals surface area contributed by atoms with Gasteiger partial charge in [0.15, 0.2) is 0 Å². The normalized spacial score (nSPS) is 11.1. The number of aryl methyl sites for hydroxylation is 1. The van der Waals surface area contributed by atoms with Crippen molar-refractivity contribution in [1.29, 1.82) is 0 Å². The van der Waals surface area contributed by atoms with E-state index in [1.165, 1.54) is 0 Å². The van der Waals surface area contributed by atoms with E-state index in [4.69, 9.17) is 9.72 Å². The molecule has 188 valence electrons. The summed E-state index contributed by atoms with van der Waals surface area (Å²) in [5.41, 5.74) is 6.05. The zero-order chi connectivity index (χ0) is 26.8. The highest BCUT2D eigenvalue weighted by Crippen LogP contribution is 2.26. The molecule has 0 bridgehead atoms. The molecule has 0 saturated heterocycles. The fourth-order valence-electron chi connectivity index (χ4n) is 4.69. The third-order valence-corrected chi connectivity index (χ3v) is 6.70. The van der Waals surface area contributed by atoms with Crippen LogP contribution in [0.15, 0.2) is 102 Å². The molecule has 1 N–H and O–H groups in total. The van der Waals surface area contributed by atoms with Crippen LogP contribution in [0.5, 0.6) is 5.75 Å². The lowest BCUT2D eigenvalue weighted by molar-refractivity contribution is 0.415. The number of ether oxygens (including phenoxy) is 1. The lowest BCUT2D eigenvalue weighted by Gasteiger charge is -2.14. The van der Waals surface area contributed by atoms with Gasteiger partial charge in [-0.1, -0.05) is 42.2 Å². The summed E-state index contributed by atoms with van der Waals surface area (Å²) in [6.07, 6.45) is 5.80. The molecule has 0 aliphatic rings. The molecular weight excluding hydrogens is 482 g/mol. The van der Waals surface area contributed by atoms with Crippen molar-refractivity contribution in [2.75, 3.05) is 7.11 Å². The summed E-state index contributed by atoms with van der Waals surface area (Å²) in [6, 6.07) is 29.1. The van der Waals surface area contributed by atoms with Crippen LogP contribution >= 0.6 is 0 Å². The second-order valence-corrected chi connectivity index (χ2v) is 9.23. The lowest BCUT2D eigenvalue weighted by atomic mass is 10.1. The summed E-state index contributed by atoms with van der Waals surface area (Å²) < 4.78 is 7.09. The Morgan fingerprint density at radius 1 is 0.846 bits per heavy atom. The first-order valence-corrected chi connectivity index (χ1v) is 12.6. The molecule has 0 fully saturated rings. The molecule has 0 unspecified atom stereocenters. The Morgan fingerprint density at radius 2 is 1.64 bits per heavy atom. The van der Waals surface area contributed by atoms with Gasteiger partial charge in [0, 0.05) is 33.8 Å². The van der Waals surface area contributed by atoms with Gasteiger partial charge in [-0.05, 0) is 85.3 Å². The third-order valence-electron chi connectivity index (χ3n) is 6.70. The maximum absolute atomic E-state index is 13.8. The Morgan fingerprint density at radius 3 is 2.46 bits per heavy atom. The maximum Gasteiger partial charge on any atom is 0.266 e. The number of rotatable bonds is 4. The molecule has 0 amide bonds. The Bertz CT molecular complexity index is 1990. The number of H-pyrrole nitrogens is 1. The van der Waals surface area contributed by atoms with Gasteiger partial charge in [0.2, 0.25) is 0 Å². The number of aromatic nitrogens is 3. The monoisotopic (exact) mass is 507 g/mol. The minimum absolute atomic E-state index is 0.118. The number of benzene rings is 4. The Hall–Kier alpha value is -5.34. The van der Waals surface area contributed by atoms with Crippen LogP contribution < -0.4 is 10.3 Å². The summed E-state index contributed by atoms with van der Waals surface area (Å²) in [5, 5.41) is 1.59. The van der Waals surface area contributed by atoms with E-state index in [-0.39, 0.29) is 5.56 Å². The molecular formula is C34H25N3O2. The molecule has 5 heteroatoms. The van der Waals surface area contributed by atoms with E-state index in [2.05, 4.69) is 16.8 Å². The minimum atomic E-state index is -0.118. The zero-order valence-corrected chi connectivity index (χ0v) is 21.6. The number of aromatic amines is 1. The molecule has 0 atom stereocenters. The van der Waals surface area contributed by atoms with Crippen molar-refractivity contribution in [2.24, 2.45) is 0 Å². The molecule has 0 spiro atoms. The van der Waals surface area contributed by atoms with Crippen LogP contribution in [0.2, 0.25) is 0 Å². The molecule has 0 radical (unpaired) electrons. The highest BCUT2D eigenvalue weighted by atomic mass is 16.5. The van der Waals surface area contributed by atoms with Crippen molar-refractivity contribution in [1.82, 2.24) is 14.5 Å². The van der Waals surface area contributed by atoms with Crippen molar-refractivity contribution in [3.05, 3.63) is 136 Å². The zero-order valence-electron chi connectivity index (χ0n) is 21.6. The molecule has 39 heavy (non-hydrogen) atoms. The van der Waals surface area contributed by atoms with E-state index in [1.807, 2.05) is 116 Å². The van der Waals surface area contributed by atoms with Gasteiger partial charge >= 0.3 is 0 Å². The minimum Gasteiger partial charge on any atom is -0.497 e. The number of hydrogen-bond donors (Lipinski definition) is 1. The highest BCUT2D eigenvalue weighted by Gasteiger charge is 2.13. The van der Waals surface area contributed by atoms with Crippen molar-refractivity contribution in [3.8, 4) is 23.3 Å². The predicted molar refractivity (Wildman–Crippen MR) is 158 cm³/mol. The number of hydrogen-bond acceptors (Lipinski definition) is 3. The van der Waals surface area contributed by atoms with Gasteiger partial charge in [-0.2, -0.15) is 0 Å². The number of fused-ring (bicyclic) bond motifs is 2. The molecule has 2 heterocycles. The molecule has 2 aromatic heterocycles. The van der Waals surface area contributed by atoms with Crippen LogP contribution in [0.4, 0.5) is 0 Å². The first kappa shape index (κ1) is 24.0. The van der Waals surface area contributed by atoms with Crippen molar-refractivity contribution >= 4 is 34.0 Å². The van der Waals surface area contributed by atoms with Gasteiger partial charge in [0.05, 0.1) is 23.7 Å². The average molecular weight is 508 g/mol. The standard InChI is InChI=1S/C34H25N3O2/c1-23-20-25(13-12-24-8-4-3-5-9-24)14-18-32(23)37-33(36-31-11-7-6-10-28(31)34(37)38)19-15-26-22-35-30-17-16-27(39-2)21-29(26)30/h3-11,14-22,35H,1-2H3/b19-15+.